The molecule has 5 nitrogen and oxygen atoms in total. The molecule has 0 bridgehead atoms. The molecular weight excluding hydrogens is 314 g/mol. The van der Waals surface area contributed by atoms with E-state index in [1.165, 1.54) is 5.56 Å². The van der Waals surface area contributed by atoms with Crippen molar-refractivity contribution in [1.82, 2.24) is 15.5 Å². The van der Waals surface area contributed by atoms with Crippen LogP contribution in [-0.2, 0) is 6.54 Å². The van der Waals surface area contributed by atoms with Crippen molar-refractivity contribution in [3.8, 4) is 17.0 Å². The fraction of sp³-hybridized carbons (Fsp3) is 0.250. The molecule has 1 atom stereocenters. The summed E-state index contributed by atoms with van der Waals surface area (Å²) in [5.74, 6) is 0.823. The molecule has 0 spiro atoms. The first-order valence-corrected chi connectivity index (χ1v) is 8.29. The van der Waals surface area contributed by atoms with E-state index in [0.29, 0.717) is 13.1 Å². The van der Waals surface area contributed by atoms with E-state index in [2.05, 4.69) is 15.5 Å². The number of nitrogens with one attached hydrogen (secondary N) is 2. The molecular formula is C20H23N3O2. The molecule has 3 aromatic rings. The minimum atomic E-state index is -0.531. The van der Waals surface area contributed by atoms with Crippen LogP contribution in [0.1, 0.15) is 22.8 Å². The standard InChI is InChI=1S/C20H23N3O2/c1-14-3-5-15(6-4-14)19(24)13-21-11-17-12-22-23-20(17)16-7-9-18(25-2)10-8-16/h3-10,12,19,21,24H,11,13H2,1-2H3,(H,22,23). The van der Waals surface area contributed by atoms with Gasteiger partial charge < -0.3 is 15.2 Å². The number of ether oxygens (including phenoxy) is 1. The molecule has 1 aromatic heterocycles. The number of nitrogens with zero attached hydrogens (tertiary/aromatic N) is 1. The Balaban J connectivity index is 1.60. The van der Waals surface area contributed by atoms with Crippen LogP contribution in [0.3, 0.4) is 0 Å². The van der Waals surface area contributed by atoms with Crippen LogP contribution in [0.15, 0.2) is 54.7 Å². The van der Waals surface area contributed by atoms with Crippen molar-refractivity contribution in [1.29, 1.82) is 0 Å². The van der Waals surface area contributed by atoms with Gasteiger partial charge >= 0.3 is 0 Å². The quantitative estimate of drug-likeness (QED) is 0.619. The summed E-state index contributed by atoms with van der Waals surface area (Å²) < 4.78 is 5.19. The number of benzene rings is 2. The number of H-pyrrole nitrogens is 1. The smallest absolute Gasteiger partial charge is 0.118 e. The second kappa shape index (κ2) is 7.96. The van der Waals surface area contributed by atoms with Crippen molar-refractivity contribution in [2.75, 3.05) is 13.7 Å². The lowest BCUT2D eigenvalue weighted by Crippen LogP contribution is -2.21. The lowest BCUT2D eigenvalue weighted by atomic mass is 10.1. The van der Waals surface area contributed by atoms with Crippen LogP contribution >= 0.6 is 0 Å². The van der Waals surface area contributed by atoms with Crippen molar-refractivity contribution in [3.63, 3.8) is 0 Å². The molecule has 1 heterocycles. The van der Waals surface area contributed by atoms with Gasteiger partial charge in [-0.1, -0.05) is 29.8 Å². The molecule has 0 radical (unpaired) electrons. The third-order valence-corrected chi connectivity index (χ3v) is 4.21. The highest BCUT2D eigenvalue weighted by molar-refractivity contribution is 5.63. The molecule has 25 heavy (non-hydrogen) atoms. The van der Waals surface area contributed by atoms with Gasteiger partial charge in [-0.3, -0.25) is 5.10 Å². The minimum Gasteiger partial charge on any atom is -0.497 e. The van der Waals surface area contributed by atoms with E-state index in [1.807, 2.05) is 61.7 Å². The maximum atomic E-state index is 10.3. The molecule has 0 saturated heterocycles. The second-order valence-corrected chi connectivity index (χ2v) is 6.06. The van der Waals surface area contributed by atoms with E-state index < -0.39 is 6.10 Å². The van der Waals surface area contributed by atoms with E-state index in [-0.39, 0.29) is 0 Å². The van der Waals surface area contributed by atoms with Gasteiger partial charge in [-0.15, -0.1) is 0 Å². The fourth-order valence-electron chi connectivity index (χ4n) is 2.70. The fourth-order valence-corrected chi connectivity index (χ4v) is 2.70. The summed E-state index contributed by atoms with van der Waals surface area (Å²) in [6.45, 7) is 3.14. The summed E-state index contributed by atoms with van der Waals surface area (Å²) in [5, 5.41) is 20.8. The van der Waals surface area contributed by atoms with Gasteiger partial charge in [0.1, 0.15) is 5.75 Å². The Bertz CT molecular complexity index is 795. The van der Waals surface area contributed by atoms with Crippen LogP contribution in [0.5, 0.6) is 5.75 Å². The third kappa shape index (κ3) is 4.26. The molecule has 3 N–H and O–H groups in total. The van der Waals surface area contributed by atoms with E-state index >= 15 is 0 Å². The topological polar surface area (TPSA) is 70.2 Å². The molecule has 0 aliphatic carbocycles. The van der Waals surface area contributed by atoms with Crippen LogP contribution in [-0.4, -0.2) is 29.0 Å². The highest BCUT2D eigenvalue weighted by atomic mass is 16.5. The predicted molar refractivity (Wildman–Crippen MR) is 98.4 cm³/mol. The first-order valence-electron chi connectivity index (χ1n) is 8.29. The van der Waals surface area contributed by atoms with Gasteiger partial charge in [0.2, 0.25) is 0 Å². The zero-order valence-electron chi connectivity index (χ0n) is 14.5. The summed E-state index contributed by atoms with van der Waals surface area (Å²) in [4.78, 5) is 0. The summed E-state index contributed by atoms with van der Waals surface area (Å²) in [5.41, 5.74) is 5.18. The molecule has 0 aliphatic rings. The largest absolute Gasteiger partial charge is 0.497 e. The first-order chi connectivity index (χ1) is 12.2. The molecule has 0 saturated carbocycles. The maximum absolute atomic E-state index is 10.3. The average Bonchev–Trinajstić information content (AvgIpc) is 3.11. The minimum absolute atomic E-state index is 0.482. The van der Waals surface area contributed by atoms with E-state index in [4.69, 9.17) is 4.74 Å². The summed E-state index contributed by atoms with van der Waals surface area (Å²) in [6, 6.07) is 15.8. The SMILES string of the molecule is COc1ccc(-c2[nH]ncc2CNCC(O)c2ccc(C)cc2)cc1. The molecule has 5 heteroatoms. The number of rotatable bonds is 7. The van der Waals surface area contributed by atoms with Crippen LogP contribution in [0, 0.1) is 6.92 Å². The monoisotopic (exact) mass is 337 g/mol. The first kappa shape index (κ1) is 17.2. The van der Waals surface area contributed by atoms with Crippen LogP contribution in [0.2, 0.25) is 0 Å². The van der Waals surface area contributed by atoms with Gasteiger partial charge in [-0.2, -0.15) is 5.10 Å². The molecule has 130 valence electrons. The van der Waals surface area contributed by atoms with Gasteiger partial charge in [0, 0.05) is 24.2 Å². The van der Waals surface area contributed by atoms with Gasteiger partial charge in [-0.25, -0.2) is 0 Å². The highest BCUT2D eigenvalue weighted by Crippen LogP contribution is 2.23. The molecule has 1 unspecified atom stereocenters. The lowest BCUT2D eigenvalue weighted by molar-refractivity contribution is 0.174. The normalized spacial score (nSPS) is 12.1. The summed E-state index contributed by atoms with van der Waals surface area (Å²) in [6.07, 6.45) is 1.28. The maximum Gasteiger partial charge on any atom is 0.118 e. The summed E-state index contributed by atoms with van der Waals surface area (Å²) in [7, 11) is 1.65. The second-order valence-electron chi connectivity index (χ2n) is 6.06. The van der Waals surface area contributed by atoms with Crippen molar-refractivity contribution >= 4 is 0 Å². The Kier molecular flexibility index (Phi) is 5.48. The van der Waals surface area contributed by atoms with Crippen molar-refractivity contribution in [3.05, 3.63) is 71.4 Å². The van der Waals surface area contributed by atoms with Crippen molar-refractivity contribution in [2.24, 2.45) is 0 Å². The molecule has 3 rings (SSSR count). The third-order valence-electron chi connectivity index (χ3n) is 4.21. The molecule has 0 aliphatic heterocycles. The highest BCUT2D eigenvalue weighted by Gasteiger charge is 2.10. The van der Waals surface area contributed by atoms with Gasteiger partial charge in [0.25, 0.3) is 0 Å². The van der Waals surface area contributed by atoms with E-state index in [9.17, 15) is 5.11 Å². The van der Waals surface area contributed by atoms with E-state index in [0.717, 1.165) is 28.1 Å². The van der Waals surface area contributed by atoms with Crippen LogP contribution in [0.4, 0.5) is 0 Å². The lowest BCUT2D eigenvalue weighted by Gasteiger charge is -2.13. The van der Waals surface area contributed by atoms with Crippen LogP contribution < -0.4 is 10.1 Å². The Hall–Kier alpha value is -2.63. The number of hydrogen-bond acceptors (Lipinski definition) is 4. The van der Waals surface area contributed by atoms with Gasteiger partial charge in [-0.05, 0) is 36.8 Å². The van der Waals surface area contributed by atoms with Crippen LogP contribution in [0.25, 0.3) is 11.3 Å². The predicted octanol–water partition coefficient (Wildman–Crippen LogP) is 3.22. The number of aromatic amines is 1. The van der Waals surface area contributed by atoms with E-state index in [1.54, 1.807) is 7.11 Å². The summed E-state index contributed by atoms with van der Waals surface area (Å²) >= 11 is 0. The number of aromatic nitrogens is 2. The molecule has 0 fully saturated rings. The number of aliphatic hydroxyl groups is 1. The number of hydrogen-bond donors (Lipinski definition) is 3. The number of aryl methyl sites for hydroxylation is 1. The Morgan fingerprint density at radius 1 is 1.12 bits per heavy atom. The van der Waals surface area contributed by atoms with Gasteiger partial charge in [0.15, 0.2) is 0 Å². The number of methoxy groups -OCH3 is 1. The zero-order valence-corrected chi connectivity index (χ0v) is 14.5. The Morgan fingerprint density at radius 2 is 1.84 bits per heavy atom. The Morgan fingerprint density at radius 3 is 2.52 bits per heavy atom. The molecule has 2 aromatic carbocycles. The molecule has 0 amide bonds. The van der Waals surface area contributed by atoms with Crippen molar-refractivity contribution in [2.45, 2.75) is 19.6 Å². The average molecular weight is 337 g/mol. The van der Waals surface area contributed by atoms with Gasteiger partial charge in [0.05, 0.1) is 25.1 Å². The Labute approximate surface area is 147 Å². The zero-order chi connectivity index (χ0) is 17.6. The number of aliphatic hydroxyl groups excluding tert-OH is 1. The van der Waals surface area contributed by atoms with Crippen molar-refractivity contribution < 1.29 is 9.84 Å².